The molecule has 1 aliphatic heterocycles. The number of aromatic amines is 1. The van der Waals surface area contributed by atoms with Gasteiger partial charge in [-0.25, -0.2) is 4.98 Å². The van der Waals surface area contributed by atoms with E-state index in [0.29, 0.717) is 35.0 Å². The van der Waals surface area contributed by atoms with Crippen LogP contribution in [0.25, 0.3) is 22.5 Å². The molecular formula is C18H14FN5O3. The number of hydrogen-bond donors (Lipinski definition) is 2. The fourth-order valence-corrected chi connectivity index (χ4v) is 3.14. The Labute approximate surface area is 152 Å². The molecule has 3 aromatic heterocycles. The maximum atomic E-state index is 13.4. The fourth-order valence-electron chi connectivity index (χ4n) is 3.14. The number of furan rings is 1. The molecule has 1 aliphatic rings. The van der Waals surface area contributed by atoms with Gasteiger partial charge in [-0.2, -0.15) is 14.4 Å². The first-order chi connectivity index (χ1) is 13.1. The minimum Gasteiger partial charge on any atom is -0.461 e. The lowest BCUT2D eigenvalue weighted by Gasteiger charge is -2.08. The molecule has 9 heteroatoms. The molecule has 0 unspecified atom stereocenters. The number of hydrogen-bond acceptors (Lipinski definition) is 7. The number of nitrogen functional groups attached to an aromatic ring is 1. The van der Waals surface area contributed by atoms with E-state index < -0.39 is 6.08 Å². The van der Waals surface area contributed by atoms with Crippen LogP contribution in [0.4, 0.5) is 10.2 Å². The van der Waals surface area contributed by atoms with E-state index in [4.69, 9.17) is 19.6 Å². The fraction of sp³-hybridized carbons (Fsp3) is 0.167. The van der Waals surface area contributed by atoms with Crippen molar-refractivity contribution in [1.29, 1.82) is 0 Å². The number of halogens is 1. The molecule has 27 heavy (non-hydrogen) atoms. The van der Waals surface area contributed by atoms with Crippen molar-refractivity contribution in [2.75, 3.05) is 12.5 Å². The van der Waals surface area contributed by atoms with Crippen molar-refractivity contribution in [2.45, 2.75) is 13.3 Å². The van der Waals surface area contributed by atoms with Crippen LogP contribution in [0.15, 0.2) is 28.7 Å². The molecule has 0 spiro atoms. The lowest BCUT2D eigenvalue weighted by atomic mass is 10.0. The summed E-state index contributed by atoms with van der Waals surface area (Å²) in [5.74, 6) is 3.41. The highest BCUT2D eigenvalue weighted by Gasteiger charge is 2.21. The summed E-state index contributed by atoms with van der Waals surface area (Å²) in [4.78, 5) is 14.6. The maximum absolute atomic E-state index is 13.4. The van der Waals surface area contributed by atoms with Gasteiger partial charge in [0.05, 0.1) is 0 Å². The van der Waals surface area contributed by atoms with E-state index in [1.165, 1.54) is 0 Å². The van der Waals surface area contributed by atoms with Crippen LogP contribution in [0.2, 0.25) is 0 Å². The first-order valence-corrected chi connectivity index (χ1v) is 8.24. The Balaban J connectivity index is 1.61. The monoisotopic (exact) mass is 367 g/mol. The lowest BCUT2D eigenvalue weighted by molar-refractivity contribution is 0.174. The molecule has 0 fully saturated rings. The second-order valence-corrected chi connectivity index (χ2v) is 6.21. The minimum atomic E-state index is -0.909. The summed E-state index contributed by atoms with van der Waals surface area (Å²) in [6.45, 7) is 2.05. The number of anilines is 1. The molecule has 0 aliphatic carbocycles. The van der Waals surface area contributed by atoms with Gasteiger partial charge in [-0.15, -0.1) is 0 Å². The van der Waals surface area contributed by atoms with Gasteiger partial charge in [0.25, 0.3) is 0 Å². The number of fused-ring (bicyclic) bond motifs is 2. The van der Waals surface area contributed by atoms with Gasteiger partial charge in [-0.05, 0) is 36.8 Å². The van der Waals surface area contributed by atoms with E-state index in [2.05, 4.69) is 19.9 Å². The summed E-state index contributed by atoms with van der Waals surface area (Å²) in [7, 11) is 0. The Morgan fingerprint density at radius 3 is 2.74 bits per heavy atom. The van der Waals surface area contributed by atoms with Gasteiger partial charge in [0.1, 0.15) is 22.9 Å². The third-order valence-electron chi connectivity index (χ3n) is 4.36. The van der Waals surface area contributed by atoms with E-state index >= 15 is 0 Å². The highest BCUT2D eigenvalue weighted by molar-refractivity contribution is 5.81. The normalized spacial score (nSPS) is 12.8. The minimum absolute atomic E-state index is 0.0174. The molecule has 0 atom stereocenters. The van der Waals surface area contributed by atoms with Crippen molar-refractivity contribution in [3.8, 4) is 22.8 Å². The van der Waals surface area contributed by atoms with Crippen molar-refractivity contribution < 1.29 is 18.3 Å². The zero-order chi connectivity index (χ0) is 18.5. The number of aromatic nitrogens is 4. The van der Waals surface area contributed by atoms with Crippen molar-refractivity contribution in [2.24, 2.45) is 0 Å². The van der Waals surface area contributed by atoms with Crippen LogP contribution in [0.5, 0.6) is 11.5 Å². The van der Waals surface area contributed by atoms with Gasteiger partial charge in [0.15, 0.2) is 23.0 Å². The summed E-state index contributed by atoms with van der Waals surface area (Å²) in [5.41, 5.74) is 8.10. The maximum Gasteiger partial charge on any atom is 0.312 e. The molecule has 1 aromatic carbocycles. The summed E-state index contributed by atoms with van der Waals surface area (Å²) < 4.78 is 30.1. The number of rotatable bonds is 3. The molecule has 136 valence electrons. The standard InChI is InChI=1S/C18H14FN5O3/c1-8-2-3-11(27-8)10-6-13-12(25-7-26-13)4-9(10)5-14-21-15-16(20)23-18(19)24-17(15)22-14/h2-4,6H,5,7H2,1H3,(H3,20,21,22,23,24). The number of aryl methyl sites for hydroxylation is 1. The van der Waals surface area contributed by atoms with E-state index in [0.717, 1.165) is 16.9 Å². The van der Waals surface area contributed by atoms with E-state index in [9.17, 15) is 4.39 Å². The number of ether oxygens (including phenoxy) is 2. The summed E-state index contributed by atoms with van der Waals surface area (Å²) in [5, 5.41) is 0. The van der Waals surface area contributed by atoms with Crippen molar-refractivity contribution >= 4 is 17.0 Å². The van der Waals surface area contributed by atoms with E-state index in [-0.39, 0.29) is 18.3 Å². The van der Waals surface area contributed by atoms with Gasteiger partial charge in [-0.3, -0.25) is 0 Å². The Kier molecular flexibility index (Phi) is 3.30. The van der Waals surface area contributed by atoms with Crippen molar-refractivity contribution in [3.63, 3.8) is 0 Å². The zero-order valence-electron chi connectivity index (χ0n) is 14.2. The quantitative estimate of drug-likeness (QED) is 0.535. The van der Waals surface area contributed by atoms with Gasteiger partial charge in [-0.1, -0.05) is 0 Å². The van der Waals surface area contributed by atoms with E-state index in [1.54, 1.807) is 0 Å². The predicted octanol–water partition coefficient (Wildman–Crippen LogP) is 2.96. The first-order valence-electron chi connectivity index (χ1n) is 8.24. The smallest absolute Gasteiger partial charge is 0.312 e. The van der Waals surface area contributed by atoms with Gasteiger partial charge >= 0.3 is 6.08 Å². The number of H-pyrrole nitrogens is 1. The summed E-state index contributed by atoms with van der Waals surface area (Å²) >= 11 is 0. The van der Waals surface area contributed by atoms with Gasteiger partial charge in [0.2, 0.25) is 6.79 Å². The number of nitrogens with two attached hydrogens (primary N) is 1. The molecule has 8 nitrogen and oxygen atoms in total. The highest BCUT2D eigenvalue weighted by Crippen LogP contribution is 2.40. The Morgan fingerprint density at radius 2 is 1.96 bits per heavy atom. The third-order valence-corrected chi connectivity index (χ3v) is 4.36. The lowest BCUT2D eigenvalue weighted by Crippen LogP contribution is -1.97. The van der Waals surface area contributed by atoms with E-state index in [1.807, 2.05) is 31.2 Å². The van der Waals surface area contributed by atoms with Crippen molar-refractivity contribution in [3.05, 3.63) is 47.5 Å². The molecule has 0 radical (unpaired) electrons. The molecule has 4 heterocycles. The summed E-state index contributed by atoms with van der Waals surface area (Å²) in [6, 6.07) is 7.56. The van der Waals surface area contributed by atoms with Crippen LogP contribution in [0.3, 0.4) is 0 Å². The van der Waals surface area contributed by atoms with Crippen LogP contribution in [0.1, 0.15) is 17.1 Å². The van der Waals surface area contributed by atoms with Gasteiger partial charge in [0, 0.05) is 12.0 Å². The van der Waals surface area contributed by atoms with Crippen LogP contribution in [0, 0.1) is 13.0 Å². The molecule has 5 rings (SSSR count). The molecule has 0 bridgehead atoms. The number of benzene rings is 1. The topological polar surface area (TPSA) is 112 Å². The Morgan fingerprint density at radius 1 is 1.15 bits per heavy atom. The molecule has 0 saturated heterocycles. The molecule has 0 amide bonds. The molecule has 0 saturated carbocycles. The van der Waals surface area contributed by atoms with Crippen LogP contribution < -0.4 is 15.2 Å². The zero-order valence-corrected chi connectivity index (χ0v) is 14.2. The van der Waals surface area contributed by atoms with Crippen LogP contribution in [-0.4, -0.2) is 26.7 Å². The molecular weight excluding hydrogens is 353 g/mol. The predicted molar refractivity (Wildman–Crippen MR) is 93.9 cm³/mol. The summed E-state index contributed by atoms with van der Waals surface area (Å²) in [6.07, 6.45) is -0.503. The SMILES string of the molecule is Cc1ccc(-c2cc3c(cc2Cc2nc4nc(F)nc(N)c4[nH]2)OCO3)o1. The highest BCUT2D eigenvalue weighted by atomic mass is 19.1. The van der Waals surface area contributed by atoms with Crippen LogP contribution >= 0.6 is 0 Å². The molecule has 3 N–H and O–H groups in total. The molecule has 4 aromatic rings. The van der Waals surface area contributed by atoms with Crippen molar-refractivity contribution in [1.82, 2.24) is 19.9 Å². The second-order valence-electron chi connectivity index (χ2n) is 6.21. The number of imidazole rings is 1. The van der Waals surface area contributed by atoms with Gasteiger partial charge < -0.3 is 24.6 Å². The second kappa shape index (κ2) is 5.70. The average Bonchev–Trinajstić information content (AvgIpc) is 3.33. The Bertz CT molecular complexity index is 1180. The third kappa shape index (κ3) is 2.64. The Hall–Kier alpha value is -3.62. The average molecular weight is 367 g/mol. The number of nitrogens with one attached hydrogen (secondary N) is 1. The largest absolute Gasteiger partial charge is 0.461 e. The number of nitrogens with zero attached hydrogens (tertiary/aromatic N) is 3. The van der Waals surface area contributed by atoms with Crippen LogP contribution in [-0.2, 0) is 6.42 Å². The first kappa shape index (κ1) is 15.6.